The predicted octanol–water partition coefficient (Wildman–Crippen LogP) is 3.54. The lowest BCUT2D eigenvalue weighted by molar-refractivity contribution is 0.180. The lowest BCUT2D eigenvalue weighted by Crippen LogP contribution is -2.54. The lowest BCUT2D eigenvalue weighted by atomic mass is 9.99. The highest BCUT2D eigenvalue weighted by atomic mass is 15.5. The van der Waals surface area contributed by atoms with E-state index in [9.17, 15) is 0 Å². The molecule has 1 saturated heterocycles. The number of nitrogens with zero attached hydrogens (tertiary/aromatic N) is 5. The second kappa shape index (κ2) is 7.49. The van der Waals surface area contributed by atoms with Crippen molar-refractivity contribution in [1.82, 2.24) is 24.3 Å². The Kier molecular flexibility index (Phi) is 4.79. The van der Waals surface area contributed by atoms with Gasteiger partial charge < -0.3 is 16.0 Å². The van der Waals surface area contributed by atoms with Gasteiger partial charge in [0.1, 0.15) is 11.7 Å². The normalized spacial score (nSPS) is 20.2. The Morgan fingerprint density at radius 1 is 0.967 bits per heavy atom. The van der Waals surface area contributed by atoms with Crippen molar-refractivity contribution in [3.05, 3.63) is 42.5 Å². The van der Waals surface area contributed by atoms with E-state index >= 15 is 0 Å². The summed E-state index contributed by atoms with van der Waals surface area (Å²) in [6, 6.07) is 16.0. The first-order chi connectivity index (χ1) is 14.5. The van der Waals surface area contributed by atoms with Crippen LogP contribution in [0.15, 0.2) is 42.5 Å². The fraction of sp³-hybridized carbons (Fsp3) is 0.435. The van der Waals surface area contributed by atoms with Crippen molar-refractivity contribution < 1.29 is 0 Å². The van der Waals surface area contributed by atoms with Crippen molar-refractivity contribution in [1.29, 1.82) is 0 Å². The average molecular weight is 405 g/mol. The number of nitrogen functional groups attached to an aromatic ring is 1. The average Bonchev–Trinajstić information content (AvgIpc) is 3.57. The van der Waals surface area contributed by atoms with E-state index in [1.165, 1.54) is 16.5 Å². The van der Waals surface area contributed by atoms with Crippen LogP contribution in [0.1, 0.15) is 25.7 Å². The molecule has 1 atom stereocenters. The summed E-state index contributed by atoms with van der Waals surface area (Å²) in [5.74, 6) is 1.59. The maximum absolute atomic E-state index is 6.15. The van der Waals surface area contributed by atoms with Crippen LogP contribution < -0.4 is 15.5 Å². The molecule has 7 nitrogen and oxygen atoms in total. The molecule has 3 N–H and O–H groups in total. The molecule has 1 aromatic heterocycles. The number of quaternary nitrogens is 1. The standard InChI is InChI=1S/C23H30N7/c1-29-13-11-19(12-14-29)30(2,20-10-7-16-5-3-4-6-17(16)15-20)23-27-21(24)26-22(28-23)25-18-8-9-18/h3-7,10,15,18-19H,8-9,11-14H2,1-2H3,(H3,24,25,26,27,28)/q+1. The smallest absolute Gasteiger partial charge is 0.340 e. The number of benzene rings is 2. The van der Waals surface area contributed by atoms with Crippen LogP contribution in [0.3, 0.4) is 0 Å². The van der Waals surface area contributed by atoms with Gasteiger partial charge in [-0.1, -0.05) is 24.3 Å². The molecule has 1 aliphatic heterocycles. The van der Waals surface area contributed by atoms with Crippen LogP contribution in [-0.4, -0.2) is 59.1 Å². The number of rotatable bonds is 5. The minimum absolute atomic E-state index is 0.279. The number of anilines is 2. The highest BCUT2D eigenvalue weighted by molar-refractivity contribution is 5.86. The van der Waals surface area contributed by atoms with E-state index in [-0.39, 0.29) is 5.95 Å². The number of nitrogens with one attached hydrogen (secondary N) is 1. The number of nitrogens with two attached hydrogens (primary N) is 1. The molecule has 3 aromatic rings. The third kappa shape index (κ3) is 3.59. The number of piperidine rings is 1. The molecule has 1 saturated carbocycles. The maximum atomic E-state index is 6.15. The van der Waals surface area contributed by atoms with Crippen LogP contribution in [0.25, 0.3) is 10.8 Å². The monoisotopic (exact) mass is 404 g/mol. The first-order valence-corrected chi connectivity index (χ1v) is 10.8. The second-order valence-electron chi connectivity index (χ2n) is 8.88. The molecule has 2 fully saturated rings. The molecule has 156 valence electrons. The quantitative estimate of drug-likeness (QED) is 0.633. The largest absolute Gasteiger partial charge is 0.367 e. The molecule has 1 unspecified atom stereocenters. The molecule has 2 aromatic carbocycles. The van der Waals surface area contributed by atoms with Gasteiger partial charge in [-0.15, -0.1) is 9.97 Å². The van der Waals surface area contributed by atoms with Crippen LogP contribution in [0.5, 0.6) is 0 Å². The van der Waals surface area contributed by atoms with E-state index in [4.69, 9.17) is 10.7 Å². The molecule has 0 bridgehead atoms. The highest BCUT2D eigenvalue weighted by Gasteiger charge is 2.42. The minimum atomic E-state index is 0.279. The zero-order chi connectivity index (χ0) is 20.7. The fourth-order valence-electron chi connectivity index (χ4n) is 4.53. The van der Waals surface area contributed by atoms with E-state index in [0.29, 0.717) is 22.5 Å². The molecule has 5 rings (SSSR count). The van der Waals surface area contributed by atoms with Gasteiger partial charge in [0.25, 0.3) is 0 Å². The summed E-state index contributed by atoms with van der Waals surface area (Å²) in [7, 11) is 4.42. The molecule has 0 amide bonds. The molecular weight excluding hydrogens is 374 g/mol. The molecule has 2 aliphatic rings. The number of hydrogen-bond acceptors (Lipinski definition) is 6. The molecule has 2 heterocycles. The highest BCUT2D eigenvalue weighted by Crippen LogP contribution is 2.39. The Bertz CT molecular complexity index is 1060. The van der Waals surface area contributed by atoms with E-state index in [1.807, 2.05) is 0 Å². The third-order valence-corrected chi connectivity index (χ3v) is 6.65. The number of fused-ring (bicyclic) bond motifs is 1. The van der Waals surface area contributed by atoms with Gasteiger partial charge in [0.05, 0.1) is 7.05 Å². The zero-order valence-corrected chi connectivity index (χ0v) is 17.8. The van der Waals surface area contributed by atoms with Crippen LogP contribution >= 0.6 is 0 Å². The molecule has 0 radical (unpaired) electrons. The SMILES string of the molecule is CN1CCC([N+](C)(c2ccc3ccccc3c2)c2nc(N)nc(NC3CC3)n2)CC1. The van der Waals surface area contributed by atoms with Crippen LogP contribution in [-0.2, 0) is 0 Å². The molecule has 7 heteroatoms. The van der Waals surface area contributed by atoms with Crippen molar-refractivity contribution in [3.63, 3.8) is 0 Å². The number of likely N-dealkylation sites (tertiary alicyclic amines) is 1. The molecule has 0 spiro atoms. The Balaban J connectivity index is 1.63. The van der Waals surface area contributed by atoms with Gasteiger partial charge >= 0.3 is 5.95 Å². The van der Waals surface area contributed by atoms with Crippen LogP contribution in [0, 0.1) is 0 Å². The second-order valence-corrected chi connectivity index (χ2v) is 8.88. The third-order valence-electron chi connectivity index (χ3n) is 6.65. The topological polar surface area (TPSA) is 80.0 Å². The zero-order valence-electron chi connectivity index (χ0n) is 17.8. The van der Waals surface area contributed by atoms with Gasteiger partial charge in [0, 0.05) is 44.1 Å². The Hall–Kier alpha value is -2.77. The summed E-state index contributed by atoms with van der Waals surface area (Å²) in [5.41, 5.74) is 7.34. The molecule has 30 heavy (non-hydrogen) atoms. The lowest BCUT2D eigenvalue weighted by Gasteiger charge is -2.42. The van der Waals surface area contributed by atoms with Gasteiger partial charge in [-0.3, -0.25) is 0 Å². The van der Waals surface area contributed by atoms with E-state index < -0.39 is 0 Å². The summed E-state index contributed by atoms with van der Waals surface area (Å²) < 4.78 is 0.532. The molecular formula is C23H30N7+. The van der Waals surface area contributed by atoms with E-state index in [1.54, 1.807) is 0 Å². The van der Waals surface area contributed by atoms with Gasteiger partial charge in [-0.25, -0.2) is 4.48 Å². The van der Waals surface area contributed by atoms with Crippen molar-refractivity contribution in [2.24, 2.45) is 0 Å². The first-order valence-electron chi connectivity index (χ1n) is 10.8. The fourth-order valence-corrected chi connectivity index (χ4v) is 4.53. The van der Waals surface area contributed by atoms with Crippen LogP contribution in [0.2, 0.25) is 0 Å². The molecule has 1 aliphatic carbocycles. The first kappa shape index (κ1) is 19.2. The summed E-state index contributed by atoms with van der Waals surface area (Å²) in [4.78, 5) is 16.3. The summed E-state index contributed by atoms with van der Waals surface area (Å²) >= 11 is 0. The summed E-state index contributed by atoms with van der Waals surface area (Å²) in [5, 5.41) is 5.87. The van der Waals surface area contributed by atoms with Gasteiger partial charge in [-0.2, -0.15) is 4.98 Å². The van der Waals surface area contributed by atoms with E-state index in [2.05, 4.69) is 76.7 Å². The van der Waals surface area contributed by atoms with Crippen LogP contribution in [0.4, 0.5) is 23.5 Å². The van der Waals surface area contributed by atoms with Gasteiger partial charge in [0.2, 0.25) is 11.9 Å². The summed E-state index contributed by atoms with van der Waals surface area (Å²) in [6.45, 7) is 2.14. The van der Waals surface area contributed by atoms with Crippen molar-refractivity contribution in [2.45, 2.75) is 37.8 Å². The van der Waals surface area contributed by atoms with Gasteiger partial charge in [-0.05, 0) is 36.7 Å². The van der Waals surface area contributed by atoms with Gasteiger partial charge in [0.15, 0.2) is 0 Å². The minimum Gasteiger partial charge on any atom is -0.367 e. The Labute approximate surface area is 177 Å². The Morgan fingerprint density at radius 3 is 2.43 bits per heavy atom. The van der Waals surface area contributed by atoms with Crippen molar-refractivity contribution in [3.8, 4) is 0 Å². The Morgan fingerprint density at radius 2 is 1.70 bits per heavy atom. The maximum Gasteiger partial charge on any atom is 0.340 e. The van der Waals surface area contributed by atoms with Crippen molar-refractivity contribution >= 4 is 34.3 Å². The predicted molar refractivity (Wildman–Crippen MR) is 123 cm³/mol. The van der Waals surface area contributed by atoms with E-state index in [0.717, 1.165) is 44.7 Å². The number of hydrogen-bond donors (Lipinski definition) is 2. The van der Waals surface area contributed by atoms with Crippen molar-refractivity contribution in [2.75, 3.05) is 38.2 Å². The summed E-state index contributed by atoms with van der Waals surface area (Å²) in [6.07, 6.45) is 4.48. The number of aromatic nitrogens is 3.